The van der Waals surface area contributed by atoms with Crippen LogP contribution in [0.4, 0.5) is 0 Å². The van der Waals surface area contributed by atoms with Crippen LogP contribution in [0.1, 0.15) is 38.8 Å². The molecular formula is C12H14I2NO. The van der Waals surface area contributed by atoms with Gasteiger partial charge in [0.1, 0.15) is 0 Å². The van der Waals surface area contributed by atoms with Gasteiger partial charge >= 0.3 is 0 Å². The molecule has 0 bridgehead atoms. The second-order valence-electron chi connectivity index (χ2n) is 5.22. The minimum absolute atomic E-state index is 0.427. The molecule has 0 saturated heterocycles. The zero-order valence-electron chi connectivity index (χ0n) is 9.77. The molecule has 0 aliphatic carbocycles. The van der Waals surface area contributed by atoms with Crippen molar-refractivity contribution >= 4 is 45.2 Å². The molecule has 0 aromatic heterocycles. The number of rotatable bonds is 0. The van der Waals surface area contributed by atoms with Crippen LogP contribution in [0.3, 0.4) is 0 Å². The van der Waals surface area contributed by atoms with E-state index < -0.39 is 11.1 Å². The minimum atomic E-state index is -0.427. The Morgan fingerprint density at radius 3 is 1.56 bits per heavy atom. The smallest absolute Gasteiger partial charge is 0.0699 e. The molecule has 1 aromatic carbocycles. The van der Waals surface area contributed by atoms with E-state index in [1.807, 2.05) is 27.7 Å². The highest BCUT2D eigenvalue weighted by molar-refractivity contribution is 14.1. The molecule has 0 unspecified atom stereocenters. The van der Waals surface area contributed by atoms with Crippen LogP contribution in [-0.2, 0) is 16.3 Å². The van der Waals surface area contributed by atoms with Crippen molar-refractivity contribution in [1.82, 2.24) is 5.06 Å². The van der Waals surface area contributed by atoms with Gasteiger partial charge in [-0.2, -0.15) is 0 Å². The Morgan fingerprint density at radius 2 is 1.25 bits per heavy atom. The first-order chi connectivity index (χ1) is 7.19. The monoisotopic (exact) mass is 442 g/mol. The molecule has 4 heteroatoms. The number of hydroxylamine groups is 2. The summed E-state index contributed by atoms with van der Waals surface area (Å²) in [6, 6.07) is 4.30. The highest BCUT2D eigenvalue weighted by Crippen LogP contribution is 2.49. The van der Waals surface area contributed by atoms with Gasteiger partial charge in [0.25, 0.3) is 0 Å². The second kappa shape index (κ2) is 3.80. The highest BCUT2D eigenvalue weighted by atomic mass is 127. The number of hydrogen-bond donors (Lipinski definition) is 0. The third kappa shape index (κ3) is 1.64. The Morgan fingerprint density at radius 1 is 0.938 bits per heavy atom. The number of fused-ring (bicyclic) bond motifs is 1. The van der Waals surface area contributed by atoms with Crippen LogP contribution in [0.15, 0.2) is 12.1 Å². The van der Waals surface area contributed by atoms with E-state index in [0.29, 0.717) is 0 Å². The molecule has 1 radical (unpaired) electrons. The summed E-state index contributed by atoms with van der Waals surface area (Å²) in [4.78, 5) is 0. The standard InChI is InChI=1S/C12H14I2NO/c1-11(2)7-5-9(13)10(14)6-8(7)12(3,4)15(11)16/h5-6H,1-4H3. The summed E-state index contributed by atoms with van der Waals surface area (Å²) >= 11 is 4.65. The van der Waals surface area contributed by atoms with E-state index in [1.54, 1.807) is 0 Å². The van der Waals surface area contributed by atoms with Crippen molar-refractivity contribution in [3.63, 3.8) is 0 Å². The van der Waals surface area contributed by atoms with Gasteiger partial charge in [0.15, 0.2) is 0 Å². The third-order valence-electron chi connectivity index (χ3n) is 3.39. The van der Waals surface area contributed by atoms with Crippen LogP contribution >= 0.6 is 45.2 Å². The van der Waals surface area contributed by atoms with Gasteiger partial charge in [0.05, 0.1) is 11.1 Å². The lowest BCUT2D eigenvalue weighted by Crippen LogP contribution is -2.41. The summed E-state index contributed by atoms with van der Waals surface area (Å²) in [5, 5.41) is 13.6. The van der Waals surface area contributed by atoms with Crippen molar-refractivity contribution in [2.45, 2.75) is 38.8 Å². The van der Waals surface area contributed by atoms with Gasteiger partial charge < -0.3 is 0 Å². The van der Waals surface area contributed by atoms with Gasteiger partial charge in [-0.05, 0) is 96.1 Å². The van der Waals surface area contributed by atoms with Gasteiger partial charge in [-0.3, -0.25) is 0 Å². The molecule has 0 saturated carbocycles. The van der Waals surface area contributed by atoms with Gasteiger partial charge in [-0.1, -0.05) is 0 Å². The number of hydrogen-bond acceptors (Lipinski definition) is 1. The molecule has 1 aliphatic rings. The fraction of sp³-hybridized carbons (Fsp3) is 0.500. The van der Waals surface area contributed by atoms with Crippen LogP contribution in [0.5, 0.6) is 0 Å². The maximum Gasteiger partial charge on any atom is 0.0699 e. The van der Waals surface area contributed by atoms with E-state index in [0.717, 1.165) is 11.1 Å². The van der Waals surface area contributed by atoms with Crippen LogP contribution in [0.2, 0.25) is 0 Å². The average molecular weight is 442 g/mol. The summed E-state index contributed by atoms with van der Waals surface area (Å²) in [5.41, 5.74) is 1.47. The van der Waals surface area contributed by atoms with Crippen molar-refractivity contribution in [1.29, 1.82) is 0 Å². The predicted molar refractivity (Wildman–Crippen MR) is 80.5 cm³/mol. The van der Waals surface area contributed by atoms with Crippen molar-refractivity contribution in [2.24, 2.45) is 0 Å². The van der Waals surface area contributed by atoms with Crippen LogP contribution < -0.4 is 0 Å². The minimum Gasteiger partial charge on any atom is -0.135 e. The summed E-state index contributed by atoms with van der Waals surface area (Å²) in [6.45, 7) is 7.99. The lowest BCUT2D eigenvalue weighted by Gasteiger charge is -2.32. The maximum atomic E-state index is 12.3. The fourth-order valence-corrected chi connectivity index (χ4v) is 3.41. The average Bonchev–Trinajstić information content (AvgIpc) is 2.29. The molecule has 0 fully saturated rings. The molecule has 0 amide bonds. The van der Waals surface area contributed by atoms with E-state index in [1.165, 1.54) is 12.2 Å². The Labute approximate surface area is 124 Å². The Bertz CT molecular complexity index is 414. The largest absolute Gasteiger partial charge is 0.135 e. The Balaban J connectivity index is 2.75. The molecule has 16 heavy (non-hydrogen) atoms. The second-order valence-corrected chi connectivity index (χ2v) is 7.55. The molecule has 1 heterocycles. The lowest BCUT2D eigenvalue weighted by molar-refractivity contribution is -0.266. The maximum absolute atomic E-state index is 12.3. The number of nitrogens with zero attached hydrogens (tertiary/aromatic N) is 1. The first kappa shape index (κ1) is 13.0. The first-order valence-corrected chi connectivity index (χ1v) is 7.32. The Kier molecular flexibility index (Phi) is 3.09. The zero-order valence-corrected chi connectivity index (χ0v) is 14.1. The van der Waals surface area contributed by atoms with Gasteiger partial charge in [0, 0.05) is 7.14 Å². The molecule has 0 spiro atoms. The first-order valence-electron chi connectivity index (χ1n) is 5.16. The lowest BCUT2D eigenvalue weighted by atomic mass is 9.91. The summed E-state index contributed by atoms with van der Waals surface area (Å²) in [6.07, 6.45) is 0. The predicted octanol–water partition coefficient (Wildman–Crippen LogP) is 4.03. The third-order valence-corrected chi connectivity index (χ3v) is 6.21. The summed E-state index contributed by atoms with van der Waals surface area (Å²) < 4.78 is 2.44. The SMILES string of the molecule is CC1(C)c2cc(I)c(I)cc2C(C)(C)N1[O]. The van der Waals surface area contributed by atoms with Crippen molar-refractivity contribution in [3.8, 4) is 0 Å². The van der Waals surface area contributed by atoms with Gasteiger partial charge in [-0.25, -0.2) is 0 Å². The molecule has 2 rings (SSSR count). The summed E-state index contributed by atoms with van der Waals surface area (Å²) in [5.74, 6) is 0. The summed E-state index contributed by atoms with van der Waals surface area (Å²) in [7, 11) is 0. The topological polar surface area (TPSA) is 23.1 Å². The highest BCUT2D eigenvalue weighted by Gasteiger charge is 2.50. The normalized spacial score (nSPS) is 22.2. The van der Waals surface area contributed by atoms with E-state index in [2.05, 4.69) is 57.3 Å². The van der Waals surface area contributed by atoms with Crippen LogP contribution in [-0.4, -0.2) is 5.06 Å². The van der Waals surface area contributed by atoms with E-state index in [4.69, 9.17) is 0 Å². The molecule has 87 valence electrons. The van der Waals surface area contributed by atoms with Crippen molar-refractivity contribution in [3.05, 3.63) is 30.4 Å². The Hall–Kier alpha value is 0.600. The number of benzene rings is 1. The van der Waals surface area contributed by atoms with Crippen molar-refractivity contribution < 1.29 is 5.21 Å². The fourth-order valence-electron chi connectivity index (χ4n) is 2.48. The molecule has 1 aromatic rings. The van der Waals surface area contributed by atoms with Crippen LogP contribution in [0, 0.1) is 7.14 Å². The molecule has 2 nitrogen and oxygen atoms in total. The molecule has 0 atom stereocenters. The van der Waals surface area contributed by atoms with E-state index in [9.17, 15) is 5.21 Å². The zero-order chi connectivity index (χ0) is 12.3. The van der Waals surface area contributed by atoms with Gasteiger partial charge in [-0.15, -0.1) is 10.3 Å². The number of halogens is 2. The molecule has 0 N–H and O–H groups in total. The van der Waals surface area contributed by atoms with E-state index in [-0.39, 0.29) is 0 Å². The van der Waals surface area contributed by atoms with Crippen molar-refractivity contribution in [2.75, 3.05) is 0 Å². The molecular weight excluding hydrogens is 428 g/mol. The van der Waals surface area contributed by atoms with E-state index >= 15 is 0 Å². The quantitative estimate of drug-likeness (QED) is 0.557. The van der Waals surface area contributed by atoms with Gasteiger partial charge in [0.2, 0.25) is 0 Å². The van der Waals surface area contributed by atoms with Crippen LogP contribution in [0.25, 0.3) is 0 Å². The molecule has 1 aliphatic heterocycles.